The lowest BCUT2D eigenvalue weighted by Crippen LogP contribution is -2.51. The summed E-state index contributed by atoms with van der Waals surface area (Å²) in [6, 6.07) is 6.81. The van der Waals surface area contributed by atoms with Gasteiger partial charge in [-0.15, -0.1) is 12.4 Å². The molecule has 3 rings (SSSR count). The molecule has 128 valence electrons. The number of hydrogen-bond donors (Lipinski definition) is 1. The summed E-state index contributed by atoms with van der Waals surface area (Å²) in [5.41, 5.74) is 1.19. The highest BCUT2D eigenvalue weighted by Crippen LogP contribution is 2.25. The van der Waals surface area contributed by atoms with Gasteiger partial charge < -0.3 is 10.2 Å². The standard InChI is InChI=1S/C18H25FN2O.ClH/c1-13(16-11-20-12-16)18(22)21-8-6-15(7-9-21)10-14-2-4-17(19)5-3-14;/h2-5,13,15-16,20H,6-12H2,1H3;1H. The van der Waals surface area contributed by atoms with E-state index in [1.807, 2.05) is 17.0 Å². The van der Waals surface area contributed by atoms with Crippen molar-refractivity contribution >= 4 is 18.3 Å². The highest BCUT2D eigenvalue weighted by Gasteiger charge is 2.33. The second-order valence-corrected chi connectivity index (χ2v) is 6.81. The lowest BCUT2D eigenvalue weighted by molar-refractivity contribution is -0.138. The Morgan fingerprint density at radius 2 is 1.87 bits per heavy atom. The van der Waals surface area contributed by atoms with Gasteiger partial charge in [-0.1, -0.05) is 19.1 Å². The molecule has 1 amide bonds. The third-order valence-electron chi connectivity index (χ3n) is 5.27. The van der Waals surface area contributed by atoms with Crippen LogP contribution in [0.4, 0.5) is 4.39 Å². The highest BCUT2D eigenvalue weighted by atomic mass is 35.5. The maximum absolute atomic E-state index is 12.9. The summed E-state index contributed by atoms with van der Waals surface area (Å²) in [5.74, 6) is 1.42. The van der Waals surface area contributed by atoms with E-state index in [1.54, 1.807) is 0 Å². The maximum Gasteiger partial charge on any atom is 0.225 e. The summed E-state index contributed by atoms with van der Waals surface area (Å²) in [7, 11) is 0. The Morgan fingerprint density at radius 3 is 2.39 bits per heavy atom. The quantitative estimate of drug-likeness (QED) is 0.914. The number of carbonyl (C=O) groups excluding carboxylic acids is 1. The SMILES string of the molecule is CC(C(=O)N1CCC(Cc2ccc(F)cc2)CC1)C1CNC1.Cl. The Kier molecular flexibility index (Phi) is 6.42. The van der Waals surface area contributed by atoms with Crippen molar-refractivity contribution in [1.29, 1.82) is 0 Å². The van der Waals surface area contributed by atoms with E-state index in [4.69, 9.17) is 0 Å². The second kappa shape index (κ2) is 8.11. The van der Waals surface area contributed by atoms with E-state index in [-0.39, 0.29) is 24.1 Å². The van der Waals surface area contributed by atoms with Crippen LogP contribution in [0.5, 0.6) is 0 Å². The minimum Gasteiger partial charge on any atom is -0.342 e. The van der Waals surface area contributed by atoms with E-state index in [9.17, 15) is 9.18 Å². The van der Waals surface area contributed by atoms with Crippen molar-refractivity contribution in [1.82, 2.24) is 10.2 Å². The van der Waals surface area contributed by atoms with Gasteiger partial charge in [-0.05, 0) is 61.9 Å². The Morgan fingerprint density at radius 1 is 1.26 bits per heavy atom. The molecule has 0 aliphatic carbocycles. The predicted molar refractivity (Wildman–Crippen MR) is 92.2 cm³/mol. The highest BCUT2D eigenvalue weighted by molar-refractivity contribution is 5.85. The Hall–Kier alpha value is -1.13. The molecule has 1 atom stereocenters. The first-order valence-corrected chi connectivity index (χ1v) is 8.37. The van der Waals surface area contributed by atoms with Crippen LogP contribution in [0.25, 0.3) is 0 Å². The summed E-state index contributed by atoms with van der Waals surface area (Å²) in [5, 5.41) is 3.24. The largest absolute Gasteiger partial charge is 0.342 e. The van der Waals surface area contributed by atoms with Gasteiger partial charge in [-0.3, -0.25) is 4.79 Å². The predicted octanol–water partition coefficient (Wildman–Crippen LogP) is 2.88. The number of halogens is 2. The van der Waals surface area contributed by atoms with Crippen molar-refractivity contribution < 1.29 is 9.18 Å². The van der Waals surface area contributed by atoms with Crippen LogP contribution in [0.15, 0.2) is 24.3 Å². The zero-order chi connectivity index (χ0) is 15.5. The molecule has 2 heterocycles. The fourth-order valence-electron chi connectivity index (χ4n) is 3.47. The first-order valence-electron chi connectivity index (χ1n) is 8.37. The first-order chi connectivity index (χ1) is 10.6. The van der Waals surface area contributed by atoms with Gasteiger partial charge in [0.25, 0.3) is 0 Å². The maximum atomic E-state index is 12.9. The molecule has 1 N–H and O–H groups in total. The minimum atomic E-state index is -0.177. The summed E-state index contributed by atoms with van der Waals surface area (Å²) in [6.07, 6.45) is 3.10. The molecule has 23 heavy (non-hydrogen) atoms. The molecule has 2 saturated heterocycles. The van der Waals surface area contributed by atoms with Crippen LogP contribution in [0.1, 0.15) is 25.3 Å². The normalized spacial score (nSPS) is 20.5. The van der Waals surface area contributed by atoms with E-state index in [2.05, 4.69) is 12.2 Å². The van der Waals surface area contributed by atoms with Gasteiger partial charge in [0.15, 0.2) is 0 Å². The van der Waals surface area contributed by atoms with Gasteiger partial charge in [-0.2, -0.15) is 0 Å². The second-order valence-electron chi connectivity index (χ2n) is 6.81. The van der Waals surface area contributed by atoms with Crippen LogP contribution in [0.3, 0.4) is 0 Å². The van der Waals surface area contributed by atoms with E-state index in [1.165, 1.54) is 17.7 Å². The molecule has 0 spiro atoms. The molecule has 2 fully saturated rings. The third-order valence-corrected chi connectivity index (χ3v) is 5.27. The molecular formula is C18H26ClFN2O. The summed E-state index contributed by atoms with van der Waals surface area (Å²) >= 11 is 0. The number of amides is 1. The topological polar surface area (TPSA) is 32.3 Å². The van der Waals surface area contributed by atoms with Crippen LogP contribution in [-0.2, 0) is 11.2 Å². The molecular weight excluding hydrogens is 315 g/mol. The average Bonchev–Trinajstić information content (AvgIpc) is 2.48. The molecule has 0 aromatic heterocycles. The zero-order valence-corrected chi connectivity index (χ0v) is 14.4. The smallest absolute Gasteiger partial charge is 0.225 e. The Balaban J connectivity index is 0.00000192. The number of carbonyl (C=O) groups is 1. The van der Waals surface area contributed by atoms with Gasteiger partial charge in [0.05, 0.1) is 0 Å². The van der Waals surface area contributed by atoms with Crippen molar-refractivity contribution in [3.8, 4) is 0 Å². The van der Waals surface area contributed by atoms with Crippen LogP contribution in [0, 0.1) is 23.6 Å². The van der Waals surface area contributed by atoms with Crippen LogP contribution in [0.2, 0.25) is 0 Å². The molecule has 0 radical (unpaired) electrons. The van der Waals surface area contributed by atoms with Crippen molar-refractivity contribution in [2.45, 2.75) is 26.2 Å². The van der Waals surface area contributed by atoms with E-state index in [0.717, 1.165) is 45.4 Å². The first kappa shape index (κ1) is 18.2. The molecule has 1 aromatic carbocycles. The number of piperidine rings is 1. The number of hydrogen-bond acceptors (Lipinski definition) is 2. The van der Waals surface area contributed by atoms with Crippen molar-refractivity contribution in [3.05, 3.63) is 35.6 Å². The lowest BCUT2D eigenvalue weighted by atomic mass is 9.86. The number of likely N-dealkylation sites (tertiary alicyclic amines) is 1. The van der Waals surface area contributed by atoms with Gasteiger partial charge in [0.1, 0.15) is 5.82 Å². The van der Waals surface area contributed by atoms with Gasteiger partial charge in [0.2, 0.25) is 5.91 Å². The number of nitrogens with one attached hydrogen (secondary N) is 1. The number of benzene rings is 1. The van der Waals surface area contributed by atoms with Gasteiger partial charge >= 0.3 is 0 Å². The monoisotopic (exact) mass is 340 g/mol. The minimum absolute atomic E-state index is 0. The van der Waals surface area contributed by atoms with Gasteiger partial charge in [-0.25, -0.2) is 4.39 Å². The molecule has 5 heteroatoms. The van der Waals surface area contributed by atoms with E-state index < -0.39 is 0 Å². The van der Waals surface area contributed by atoms with Crippen LogP contribution in [-0.4, -0.2) is 37.0 Å². The fraction of sp³-hybridized carbons (Fsp3) is 0.611. The molecule has 0 bridgehead atoms. The van der Waals surface area contributed by atoms with Crippen molar-refractivity contribution in [2.75, 3.05) is 26.2 Å². The zero-order valence-electron chi connectivity index (χ0n) is 13.6. The summed E-state index contributed by atoms with van der Waals surface area (Å²) in [6.45, 7) is 5.77. The van der Waals surface area contributed by atoms with Gasteiger partial charge in [0, 0.05) is 19.0 Å². The molecule has 2 aliphatic heterocycles. The van der Waals surface area contributed by atoms with Crippen LogP contribution < -0.4 is 5.32 Å². The lowest BCUT2D eigenvalue weighted by Gasteiger charge is -2.38. The Bertz CT molecular complexity index is 510. The molecule has 3 nitrogen and oxygen atoms in total. The number of nitrogens with zero attached hydrogens (tertiary/aromatic N) is 1. The molecule has 0 saturated carbocycles. The molecule has 1 aromatic rings. The molecule has 1 unspecified atom stereocenters. The van der Waals surface area contributed by atoms with E-state index >= 15 is 0 Å². The average molecular weight is 341 g/mol. The fourth-order valence-corrected chi connectivity index (χ4v) is 3.47. The van der Waals surface area contributed by atoms with Crippen molar-refractivity contribution in [2.24, 2.45) is 17.8 Å². The molecule has 2 aliphatic rings. The Labute approximate surface area is 144 Å². The van der Waals surface area contributed by atoms with Crippen molar-refractivity contribution in [3.63, 3.8) is 0 Å². The number of rotatable bonds is 4. The third kappa shape index (κ3) is 4.45. The summed E-state index contributed by atoms with van der Waals surface area (Å²) in [4.78, 5) is 14.5. The summed E-state index contributed by atoms with van der Waals surface area (Å²) < 4.78 is 12.9. The van der Waals surface area contributed by atoms with E-state index in [0.29, 0.717) is 17.7 Å². The van der Waals surface area contributed by atoms with Crippen LogP contribution >= 0.6 is 12.4 Å².